The molecule has 2 heterocycles. The van der Waals surface area contributed by atoms with Gasteiger partial charge in [0.2, 0.25) is 5.13 Å². The number of hydrogen-bond acceptors (Lipinski definition) is 7. The number of amides is 2. The molecule has 3 aromatic rings. The quantitative estimate of drug-likeness (QED) is 0.470. The van der Waals surface area contributed by atoms with Crippen molar-refractivity contribution >= 4 is 40.1 Å². The van der Waals surface area contributed by atoms with Crippen LogP contribution in [-0.4, -0.2) is 65.8 Å². The fraction of sp³-hybridized carbons (Fsp3) is 0.348. The number of nitrogens with zero attached hydrogens (tertiary/aromatic N) is 4. The lowest BCUT2D eigenvalue weighted by molar-refractivity contribution is 0.240. The van der Waals surface area contributed by atoms with Gasteiger partial charge in [-0.2, -0.15) is 4.37 Å². The topological polar surface area (TPSA) is 73.4 Å². The Morgan fingerprint density at radius 3 is 2.52 bits per heavy atom. The highest BCUT2D eigenvalue weighted by Crippen LogP contribution is 2.21. The summed E-state index contributed by atoms with van der Waals surface area (Å²) >= 11 is 3.08. The van der Waals surface area contributed by atoms with Crippen molar-refractivity contribution in [3.8, 4) is 0 Å². The standard InChI is InChI=1S/C23H27FN6OS2/c1-32-20-8-6-19(7-9-20)26-22(31)25-10-11-29-12-14-30(15-13-29)23-27-21(28-33-23)16-17-2-4-18(24)5-3-17/h2-9H,10-16H2,1H3,(H2,25,26,31). The molecule has 1 aromatic heterocycles. The summed E-state index contributed by atoms with van der Waals surface area (Å²) in [5.41, 5.74) is 1.79. The zero-order chi connectivity index (χ0) is 23.0. The number of carbonyl (C=O) groups excluding carboxylic acids is 1. The Labute approximate surface area is 201 Å². The molecule has 1 aliphatic heterocycles. The van der Waals surface area contributed by atoms with Crippen LogP contribution in [0.1, 0.15) is 11.4 Å². The van der Waals surface area contributed by atoms with E-state index in [9.17, 15) is 9.18 Å². The highest BCUT2D eigenvalue weighted by atomic mass is 32.2. The van der Waals surface area contributed by atoms with E-state index in [4.69, 9.17) is 0 Å². The Morgan fingerprint density at radius 1 is 1.09 bits per heavy atom. The second-order valence-electron chi connectivity index (χ2n) is 7.73. The molecule has 0 radical (unpaired) electrons. The highest BCUT2D eigenvalue weighted by Gasteiger charge is 2.20. The van der Waals surface area contributed by atoms with E-state index < -0.39 is 0 Å². The number of urea groups is 1. The lowest BCUT2D eigenvalue weighted by Gasteiger charge is -2.34. The summed E-state index contributed by atoms with van der Waals surface area (Å²) in [7, 11) is 0. The Balaban J connectivity index is 1.16. The summed E-state index contributed by atoms with van der Waals surface area (Å²) in [5, 5.41) is 6.72. The van der Waals surface area contributed by atoms with E-state index in [2.05, 4.69) is 29.8 Å². The maximum absolute atomic E-state index is 13.1. The smallest absolute Gasteiger partial charge is 0.319 e. The highest BCUT2D eigenvalue weighted by molar-refractivity contribution is 7.98. The first kappa shape index (κ1) is 23.5. The summed E-state index contributed by atoms with van der Waals surface area (Å²) in [4.78, 5) is 22.5. The number of anilines is 2. The largest absolute Gasteiger partial charge is 0.344 e. The molecular weight excluding hydrogens is 459 g/mol. The van der Waals surface area contributed by atoms with Crippen LogP contribution in [0.2, 0.25) is 0 Å². The predicted octanol–water partition coefficient (Wildman–Crippen LogP) is 3.93. The Kier molecular flexibility index (Phi) is 8.14. The number of rotatable bonds is 8. The summed E-state index contributed by atoms with van der Waals surface area (Å²) in [5.74, 6) is 0.530. The molecule has 0 saturated carbocycles. The van der Waals surface area contributed by atoms with Crippen LogP contribution in [-0.2, 0) is 6.42 Å². The Bertz CT molecular complexity index is 1040. The number of aromatic nitrogens is 2. The van der Waals surface area contributed by atoms with Crippen LogP contribution < -0.4 is 15.5 Å². The van der Waals surface area contributed by atoms with Crippen molar-refractivity contribution in [3.05, 3.63) is 65.7 Å². The molecule has 2 amide bonds. The van der Waals surface area contributed by atoms with E-state index in [1.54, 1.807) is 23.9 Å². The normalized spacial score (nSPS) is 14.3. The molecule has 4 rings (SSSR count). The van der Waals surface area contributed by atoms with E-state index in [1.807, 2.05) is 30.5 Å². The zero-order valence-corrected chi connectivity index (χ0v) is 20.1. The van der Waals surface area contributed by atoms with Gasteiger partial charge in [0.05, 0.1) is 0 Å². The minimum atomic E-state index is -0.236. The minimum Gasteiger partial charge on any atom is -0.344 e. The molecule has 0 aliphatic carbocycles. The summed E-state index contributed by atoms with van der Waals surface area (Å²) in [6.45, 7) is 4.96. The number of halogens is 1. The molecule has 1 saturated heterocycles. The van der Waals surface area contributed by atoms with Crippen LogP contribution in [0.25, 0.3) is 0 Å². The molecule has 33 heavy (non-hydrogen) atoms. The molecule has 0 spiro atoms. The second kappa shape index (κ2) is 11.4. The third-order valence-electron chi connectivity index (χ3n) is 5.44. The second-order valence-corrected chi connectivity index (χ2v) is 9.34. The van der Waals surface area contributed by atoms with Crippen LogP contribution in [0.4, 0.5) is 20.0 Å². The molecule has 174 valence electrons. The van der Waals surface area contributed by atoms with Gasteiger partial charge in [0.15, 0.2) is 0 Å². The number of carbonyl (C=O) groups is 1. The van der Waals surface area contributed by atoms with Crippen molar-refractivity contribution in [2.45, 2.75) is 11.3 Å². The van der Waals surface area contributed by atoms with Crippen molar-refractivity contribution in [1.82, 2.24) is 19.6 Å². The first-order valence-corrected chi connectivity index (χ1v) is 12.8. The number of nitrogens with one attached hydrogen (secondary N) is 2. The van der Waals surface area contributed by atoms with Gasteiger partial charge in [-0.15, -0.1) is 11.8 Å². The van der Waals surface area contributed by atoms with Crippen LogP contribution in [0, 0.1) is 5.82 Å². The average molecular weight is 487 g/mol. The third-order valence-corrected chi connectivity index (χ3v) is 7.00. The SMILES string of the molecule is CSc1ccc(NC(=O)NCCN2CCN(c3nc(Cc4ccc(F)cc4)ns3)CC2)cc1. The molecule has 0 bridgehead atoms. The Morgan fingerprint density at radius 2 is 1.82 bits per heavy atom. The van der Waals surface area contributed by atoms with Crippen LogP contribution in [0.5, 0.6) is 0 Å². The van der Waals surface area contributed by atoms with Gasteiger partial charge in [0.25, 0.3) is 0 Å². The molecule has 7 nitrogen and oxygen atoms in total. The number of thioether (sulfide) groups is 1. The lowest BCUT2D eigenvalue weighted by Crippen LogP contribution is -2.48. The molecule has 1 fully saturated rings. The average Bonchev–Trinajstić information content (AvgIpc) is 3.30. The van der Waals surface area contributed by atoms with Gasteiger partial charge in [-0.05, 0) is 48.2 Å². The molecular formula is C23H27FN6OS2. The van der Waals surface area contributed by atoms with Gasteiger partial charge in [0.1, 0.15) is 11.6 Å². The number of benzene rings is 2. The van der Waals surface area contributed by atoms with E-state index in [0.29, 0.717) is 13.0 Å². The zero-order valence-electron chi connectivity index (χ0n) is 18.5. The van der Waals surface area contributed by atoms with Gasteiger partial charge in [0, 0.05) is 67.8 Å². The maximum atomic E-state index is 13.1. The third kappa shape index (κ3) is 6.89. The molecule has 1 aliphatic rings. The lowest BCUT2D eigenvalue weighted by atomic mass is 10.1. The van der Waals surface area contributed by atoms with E-state index >= 15 is 0 Å². The van der Waals surface area contributed by atoms with Gasteiger partial charge in [-0.25, -0.2) is 14.2 Å². The molecule has 0 unspecified atom stereocenters. The molecule has 2 N–H and O–H groups in total. The van der Waals surface area contributed by atoms with E-state index in [-0.39, 0.29) is 11.8 Å². The van der Waals surface area contributed by atoms with Crippen molar-refractivity contribution in [2.24, 2.45) is 0 Å². The molecule has 2 aromatic carbocycles. The van der Waals surface area contributed by atoms with Crippen molar-refractivity contribution in [2.75, 3.05) is 55.7 Å². The van der Waals surface area contributed by atoms with Crippen LogP contribution >= 0.6 is 23.3 Å². The number of hydrogen-bond donors (Lipinski definition) is 2. The van der Waals surface area contributed by atoms with Gasteiger partial charge < -0.3 is 15.5 Å². The first-order chi connectivity index (χ1) is 16.1. The summed E-state index contributed by atoms with van der Waals surface area (Å²) in [6, 6.07) is 14.1. The monoisotopic (exact) mass is 486 g/mol. The van der Waals surface area contributed by atoms with Crippen molar-refractivity contribution in [1.29, 1.82) is 0 Å². The van der Waals surface area contributed by atoms with Gasteiger partial charge in [-0.1, -0.05) is 12.1 Å². The summed E-state index contributed by atoms with van der Waals surface area (Å²) < 4.78 is 17.5. The summed E-state index contributed by atoms with van der Waals surface area (Å²) in [6.07, 6.45) is 2.63. The number of piperazine rings is 1. The van der Waals surface area contributed by atoms with Gasteiger partial charge in [-0.3, -0.25) is 4.90 Å². The Hall–Kier alpha value is -2.69. The maximum Gasteiger partial charge on any atom is 0.319 e. The van der Waals surface area contributed by atoms with E-state index in [1.165, 1.54) is 23.7 Å². The van der Waals surface area contributed by atoms with E-state index in [0.717, 1.165) is 59.8 Å². The van der Waals surface area contributed by atoms with Crippen molar-refractivity contribution < 1.29 is 9.18 Å². The fourth-order valence-corrected chi connectivity index (χ4v) is 4.71. The minimum absolute atomic E-state index is 0.187. The first-order valence-electron chi connectivity index (χ1n) is 10.8. The predicted molar refractivity (Wildman–Crippen MR) is 133 cm³/mol. The molecule has 10 heteroatoms. The molecule has 0 atom stereocenters. The van der Waals surface area contributed by atoms with Crippen molar-refractivity contribution in [3.63, 3.8) is 0 Å². The van der Waals surface area contributed by atoms with Gasteiger partial charge >= 0.3 is 6.03 Å². The van der Waals surface area contributed by atoms with Crippen LogP contribution in [0.3, 0.4) is 0 Å². The fourth-order valence-electron chi connectivity index (χ4n) is 3.57. The van der Waals surface area contributed by atoms with Crippen LogP contribution in [0.15, 0.2) is 53.4 Å².